The Morgan fingerprint density at radius 3 is 1.84 bits per heavy atom. The Morgan fingerprint density at radius 1 is 0.745 bits per heavy atom. The van der Waals surface area contributed by atoms with E-state index in [1.165, 1.54) is 6.92 Å². The number of rotatable bonds is 3. The predicted octanol–water partition coefficient (Wildman–Crippen LogP) is 3.58. The molecule has 0 aromatic carbocycles. The van der Waals surface area contributed by atoms with Crippen molar-refractivity contribution in [1.82, 2.24) is 19.9 Å². The van der Waals surface area contributed by atoms with Crippen LogP contribution in [0.3, 0.4) is 0 Å². The zero-order valence-corrected chi connectivity index (χ0v) is 29.7. The lowest BCUT2D eigenvalue weighted by Crippen LogP contribution is -2.57. The number of aromatic nitrogens is 4. The number of aryl methyl sites for hydroxylation is 2. The van der Waals surface area contributed by atoms with Crippen molar-refractivity contribution in [2.75, 3.05) is 0 Å². The first kappa shape index (κ1) is 35.1. The van der Waals surface area contributed by atoms with Gasteiger partial charge < -0.3 is 39.5 Å². The fourth-order valence-electron chi connectivity index (χ4n) is 7.98. The molecule has 0 aliphatic carbocycles. The predicted molar refractivity (Wildman–Crippen MR) is 185 cm³/mol. The minimum absolute atomic E-state index is 0.0532. The van der Waals surface area contributed by atoms with Crippen LogP contribution < -0.4 is 0 Å². The summed E-state index contributed by atoms with van der Waals surface area (Å²) < 4.78 is 18.1. The molecule has 7 rings (SSSR count). The van der Waals surface area contributed by atoms with E-state index in [1.54, 1.807) is 52.0 Å². The van der Waals surface area contributed by atoms with E-state index in [0.29, 0.717) is 33.5 Å². The van der Waals surface area contributed by atoms with Crippen LogP contribution in [0.25, 0.3) is 22.1 Å². The first-order valence-corrected chi connectivity index (χ1v) is 17.3. The molecule has 4 aliphatic rings. The molecular formula is C38H44N4O9. The van der Waals surface area contributed by atoms with Gasteiger partial charge in [0.25, 0.3) is 0 Å². The molecule has 3 aromatic rings. The Morgan fingerprint density at radius 2 is 1.24 bits per heavy atom. The summed E-state index contributed by atoms with van der Waals surface area (Å²) in [4.78, 5) is 57.5. The molecule has 13 heteroatoms. The number of fused-ring (bicyclic) bond motifs is 8. The summed E-state index contributed by atoms with van der Waals surface area (Å²) in [5.74, 6) is -1.23. The molecule has 10 atom stereocenters. The van der Waals surface area contributed by atoms with Crippen molar-refractivity contribution >= 4 is 39.6 Å². The maximum Gasteiger partial charge on any atom is 0.302 e. The van der Waals surface area contributed by atoms with Crippen LogP contribution in [0.1, 0.15) is 91.0 Å². The maximum atomic E-state index is 14.6. The number of nitrogens with one attached hydrogen (secondary N) is 2. The average molecular weight is 701 g/mol. The third kappa shape index (κ3) is 5.71. The largest absolute Gasteiger partial charge is 0.460 e. The van der Waals surface area contributed by atoms with E-state index in [9.17, 15) is 29.7 Å². The van der Waals surface area contributed by atoms with Crippen molar-refractivity contribution < 1.29 is 43.9 Å². The van der Waals surface area contributed by atoms with Gasteiger partial charge in [-0.2, -0.15) is 0 Å². The summed E-state index contributed by atoms with van der Waals surface area (Å²) in [5.41, 5.74) is 2.26. The third-order valence-electron chi connectivity index (χ3n) is 11.2. The highest BCUT2D eigenvalue weighted by atomic mass is 16.6. The molecule has 2 saturated heterocycles. The number of H-pyrrole nitrogens is 2. The van der Waals surface area contributed by atoms with E-state index in [1.807, 2.05) is 26.0 Å². The van der Waals surface area contributed by atoms with Crippen LogP contribution in [0.5, 0.6) is 0 Å². The summed E-state index contributed by atoms with van der Waals surface area (Å²) in [6.45, 7) is 11.9. The molecule has 270 valence electrons. The van der Waals surface area contributed by atoms with Crippen molar-refractivity contribution in [3.63, 3.8) is 0 Å². The SMILES string of the molecule is CC(=O)O[C@@H]1C[C@@H](O)[C@@H](C)OC1C1(C)C(=O)c2cc3[nH]c(cc4nc(cc5cc(C)c(cc1n2)[nH]5)C(=O)C4(C)C1O[C@H](C)[C@H](O)C[C@H]1O)cc3C. The van der Waals surface area contributed by atoms with Gasteiger partial charge in [0.05, 0.1) is 41.9 Å². The van der Waals surface area contributed by atoms with Gasteiger partial charge >= 0.3 is 5.97 Å². The highest BCUT2D eigenvalue weighted by Crippen LogP contribution is 2.43. The van der Waals surface area contributed by atoms with Gasteiger partial charge in [-0.1, -0.05) is 0 Å². The number of nitrogens with zero attached hydrogens (tertiary/aromatic N) is 2. The van der Waals surface area contributed by atoms with E-state index in [2.05, 4.69) is 9.97 Å². The second-order valence-electron chi connectivity index (χ2n) is 14.9. The number of ether oxygens (including phenoxy) is 3. The lowest BCUT2D eigenvalue weighted by atomic mass is 9.73. The molecule has 7 heterocycles. The van der Waals surface area contributed by atoms with E-state index < -0.39 is 65.6 Å². The normalized spacial score (nSPS) is 34.1. The molecule has 5 N–H and O–H groups in total. The Bertz CT molecular complexity index is 2110. The number of aliphatic hydroxyl groups is 3. The number of hydrogen-bond acceptors (Lipinski definition) is 11. The zero-order chi connectivity index (χ0) is 36.7. The number of hydrogen-bond donors (Lipinski definition) is 5. The highest BCUT2D eigenvalue weighted by Gasteiger charge is 2.57. The Kier molecular flexibility index (Phi) is 8.58. The second kappa shape index (κ2) is 12.4. The van der Waals surface area contributed by atoms with Crippen LogP contribution in [-0.4, -0.2) is 102 Å². The summed E-state index contributed by atoms with van der Waals surface area (Å²) >= 11 is 0. The summed E-state index contributed by atoms with van der Waals surface area (Å²) in [7, 11) is 0. The van der Waals surface area contributed by atoms with Crippen LogP contribution in [0, 0.1) is 13.8 Å². The summed E-state index contributed by atoms with van der Waals surface area (Å²) in [6.07, 6.45) is -6.84. The number of carbonyl (C=O) groups excluding carboxylic acids is 3. The van der Waals surface area contributed by atoms with Crippen LogP contribution >= 0.6 is 0 Å². The standard InChI is InChI=1S/C38H44N4O9/c1-16-9-22-11-31-37(6,35-29(46)14-27(44)18(3)49-35)33(47)25(41-31)10-21-8-17(2)24(39-21)13-32-38(7,34(48)26(42-32)12-23(16)40-22)36-30(51-20(5)43)15-28(45)19(4)50-36/h8-13,18-19,27-30,35-36,39-40,44-46H,14-15H2,1-7H3/t18-,19-,27-,28-,29-,30-,35?,36?,37?,38?/m1/s1. The Labute approximate surface area is 294 Å². The highest BCUT2D eigenvalue weighted by molar-refractivity contribution is 6.07. The van der Waals surface area contributed by atoms with Crippen molar-refractivity contribution in [2.45, 2.75) is 121 Å². The number of aliphatic hydroxyl groups excluding tert-OH is 3. The van der Waals surface area contributed by atoms with E-state index in [-0.39, 0.29) is 35.8 Å². The smallest absolute Gasteiger partial charge is 0.302 e. The van der Waals surface area contributed by atoms with E-state index in [0.717, 1.165) is 11.1 Å². The van der Waals surface area contributed by atoms with Gasteiger partial charge in [-0.3, -0.25) is 14.4 Å². The summed E-state index contributed by atoms with van der Waals surface area (Å²) in [5, 5.41) is 32.1. The fraction of sp³-hybridized carbons (Fsp3) is 0.500. The quantitative estimate of drug-likeness (QED) is 0.251. The number of esters is 1. The van der Waals surface area contributed by atoms with Crippen molar-refractivity contribution in [3.8, 4) is 0 Å². The molecule has 3 aromatic heterocycles. The lowest BCUT2D eigenvalue weighted by Gasteiger charge is -2.44. The maximum absolute atomic E-state index is 14.6. The molecule has 0 saturated carbocycles. The van der Waals surface area contributed by atoms with Crippen molar-refractivity contribution in [2.24, 2.45) is 0 Å². The van der Waals surface area contributed by atoms with Gasteiger partial charge in [0, 0.05) is 41.8 Å². The van der Waals surface area contributed by atoms with Crippen LogP contribution in [-0.2, 0) is 29.8 Å². The third-order valence-corrected chi connectivity index (χ3v) is 11.2. The van der Waals surface area contributed by atoms with Crippen LogP contribution in [0.4, 0.5) is 0 Å². The number of ketones is 2. The molecule has 0 spiro atoms. The minimum Gasteiger partial charge on any atom is -0.460 e. The van der Waals surface area contributed by atoms with E-state index in [4.69, 9.17) is 24.2 Å². The fourth-order valence-corrected chi connectivity index (χ4v) is 7.98. The van der Waals surface area contributed by atoms with Gasteiger partial charge in [0.2, 0.25) is 0 Å². The molecule has 51 heavy (non-hydrogen) atoms. The van der Waals surface area contributed by atoms with Crippen LogP contribution in [0.2, 0.25) is 0 Å². The van der Waals surface area contributed by atoms with Gasteiger partial charge in [-0.25, -0.2) is 9.97 Å². The molecule has 0 radical (unpaired) electrons. The van der Waals surface area contributed by atoms with Gasteiger partial charge in [0.1, 0.15) is 40.5 Å². The number of aromatic amines is 2. The average Bonchev–Trinajstić information content (AvgIpc) is 3.72. The van der Waals surface area contributed by atoms with E-state index >= 15 is 0 Å². The van der Waals surface area contributed by atoms with Crippen molar-refractivity contribution in [3.05, 3.63) is 70.3 Å². The zero-order valence-electron chi connectivity index (χ0n) is 29.7. The second-order valence-corrected chi connectivity index (χ2v) is 14.9. The summed E-state index contributed by atoms with van der Waals surface area (Å²) in [6, 6.07) is 10.5. The monoisotopic (exact) mass is 700 g/mol. The van der Waals surface area contributed by atoms with Gasteiger partial charge in [0.15, 0.2) is 11.6 Å². The molecular weight excluding hydrogens is 656 g/mol. The first-order chi connectivity index (χ1) is 24.0. The number of carbonyl (C=O) groups is 3. The minimum atomic E-state index is -1.41. The van der Waals surface area contributed by atoms with Gasteiger partial charge in [-0.15, -0.1) is 0 Å². The molecule has 0 amide bonds. The molecule has 8 bridgehead atoms. The Hall–Kier alpha value is -4.27. The molecule has 4 unspecified atom stereocenters. The number of Topliss-reactive ketones (excluding diaryl/α,β-unsaturated/α-hetero) is 2. The lowest BCUT2D eigenvalue weighted by molar-refractivity contribution is -0.197. The molecule has 4 aliphatic heterocycles. The van der Waals surface area contributed by atoms with Gasteiger partial charge in [-0.05, 0) is 89.1 Å². The van der Waals surface area contributed by atoms with Crippen LogP contribution in [0.15, 0.2) is 36.4 Å². The topological polar surface area (TPSA) is 197 Å². The van der Waals surface area contributed by atoms with Crippen molar-refractivity contribution in [1.29, 1.82) is 0 Å². The molecule has 13 nitrogen and oxygen atoms in total. The molecule has 2 fully saturated rings. The Balaban J connectivity index is 1.46. The first-order valence-electron chi connectivity index (χ1n) is 17.3.